The highest BCUT2D eigenvalue weighted by Crippen LogP contribution is 2.28. The molecule has 0 aromatic carbocycles. The molecule has 0 aliphatic heterocycles. The summed E-state index contributed by atoms with van der Waals surface area (Å²) in [6.07, 6.45) is 12.9. The van der Waals surface area contributed by atoms with E-state index in [0.717, 1.165) is 62.3 Å². The number of thiocarbonyl (C=S) groups is 1. The summed E-state index contributed by atoms with van der Waals surface area (Å²) in [5.74, 6) is 0.968. The van der Waals surface area contributed by atoms with Gasteiger partial charge in [-0.1, -0.05) is 31.5 Å². The minimum absolute atomic E-state index is 0.150. The molecule has 1 N–H and O–H groups in total. The summed E-state index contributed by atoms with van der Waals surface area (Å²) in [6.45, 7) is 3.24. The standard InChI is InChI=1S/C19H33N5OS/c1-2-23(15-7-4-3-5-8-15)19(26)10-6-9-18-20-21-22-24(18)16-11-13-17(25)14-12-16/h15-17,25H,2-14H2,1H3. The van der Waals surface area contributed by atoms with Crippen molar-refractivity contribution in [1.82, 2.24) is 25.1 Å². The zero-order valence-corrected chi connectivity index (χ0v) is 16.8. The number of aliphatic hydroxyl groups is 1. The summed E-state index contributed by atoms with van der Waals surface area (Å²) in [6, 6.07) is 0.991. The van der Waals surface area contributed by atoms with Crippen LogP contribution in [0.1, 0.15) is 89.4 Å². The van der Waals surface area contributed by atoms with Gasteiger partial charge in [0.2, 0.25) is 0 Å². The summed E-state index contributed by atoms with van der Waals surface area (Å²) >= 11 is 5.76. The van der Waals surface area contributed by atoms with Crippen LogP contribution in [0, 0.1) is 0 Å². The van der Waals surface area contributed by atoms with Crippen LogP contribution in [0.15, 0.2) is 0 Å². The molecule has 0 amide bonds. The fraction of sp³-hybridized carbons (Fsp3) is 0.895. The third-order valence-corrected chi connectivity index (χ3v) is 6.48. The summed E-state index contributed by atoms with van der Waals surface area (Å²) < 4.78 is 1.99. The average molecular weight is 380 g/mol. The van der Waals surface area contributed by atoms with Gasteiger partial charge in [-0.2, -0.15) is 0 Å². The maximum absolute atomic E-state index is 9.70. The smallest absolute Gasteiger partial charge is 0.151 e. The molecule has 0 radical (unpaired) electrons. The minimum Gasteiger partial charge on any atom is -0.393 e. The van der Waals surface area contributed by atoms with Gasteiger partial charge in [0.15, 0.2) is 5.82 Å². The average Bonchev–Trinajstić information content (AvgIpc) is 3.12. The van der Waals surface area contributed by atoms with Crippen LogP contribution >= 0.6 is 12.2 Å². The number of tetrazole rings is 1. The van der Waals surface area contributed by atoms with Crippen molar-refractivity contribution in [2.75, 3.05) is 6.54 Å². The molecule has 6 nitrogen and oxygen atoms in total. The normalized spacial score (nSPS) is 24.5. The monoisotopic (exact) mass is 379 g/mol. The Labute approximate surface area is 162 Å². The van der Waals surface area contributed by atoms with Crippen molar-refractivity contribution >= 4 is 17.2 Å². The van der Waals surface area contributed by atoms with Gasteiger partial charge in [-0.25, -0.2) is 4.68 Å². The molecule has 2 fully saturated rings. The molecular weight excluding hydrogens is 346 g/mol. The summed E-state index contributed by atoms with van der Waals surface area (Å²) in [5, 5.41) is 22.1. The number of aliphatic hydroxyl groups excluding tert-OH is 1. The van der Waals surface area contributed by atoms with Crippen molar-refractivity contribution in [2.45, 2.75) is 102 Å². The quantitative estimate of drug-likeness (QED) is 0.732. The Kier molecular flexibility index (Phi) is 7.37. The van der Waals surface area contributed by atoms with E-state index in [1.165, 1.54) is 32.1 Å². The lowest BCUT2D eigenvalue weighted by atomic mass is 9.93. The zero-order chi connectivity index (χ0) is 18.4. The van der Waals surface area contributed by atoms with Gasteiger partial charge in [0.05, 0.1) is 17.1 Å². The van der Waals surface area contributed by atoms with Gasteiger partial charge in [-0.15, -0.1) is 5.10 Å². The second-order valence-corrected chi connectivity index (χ2v) is 8.30. The Hall–Kier alpha value is -1.08. The molecule has 7 heteroatoms. The van der Waals surface area contributed by atoms with Crippen molar-refractivity contribution in [1.29, 1.82) is 0 Å². The first kappa shape index (κ1) is 19.7. The number of rotatable bonds is 7. The topological polar surface area (TPSA) is 67.1 Å². The van der Waals surface area contributed by atoms with E-state index in [4.69, 9.17) is 12.2 Å². The number of hydrogen-bond acceptors (Lipinski definition) is 5. The van der Waals surface area contributed by atoms with E-state index in [-0.39, 0.29) is 6.10 Å². The van der Waals surface area contributed by atoms with Gasteiger partial charge in [0.25, 0.3) is 0 Å². The molecule has 0 atom stereocenters. The number of aryl methyl sites for hydroxylation is 1. The first-order valence-electron chi connectivity index (χ1n) is 10.4. The fourth-order valence-corrected chi connectivity index (χ4v) is 4.96. The number of aromatic nitrogens is 4. The molecule has 3 rings (SSSR count). The lowest BCUT2D eigenvalue weighted by Gasteiger charge is -2.35. The Morgan fingerprint density at radius 2 is 1.88 bits per heavy atom. The second-order valence-electron chi connectivity index (χ2n) is 7.83. The molecule has 0 bridgehead atoms. The molecular formula is C19H33N5OS. The first-order chi connectivity index (χ1) is 12.7. The van der Waals surface area contributed by atoms with E-state index in [2.05, 4.69) is 27.3 Å². The maximum Gasteiger partial charge on any atom is 0.151 e. The molecule has 146 valence electrons. The Morgan fingerprint density at radius 3 is 2.58 bits per heavy atom. The largest absolute Gasteiger partial charge is 0.393 e. The molecule has 0 unspecified atom stereocenters. The SMILES string of the molecule is CCN(C(=S)CCCc1nnnn1C1CCC(O)CC1)C1CCCCC1. The van der Waals surface area contributed by atoms with Crippen molar-refractivity contribution in [2.24, 2.45) is 0 Å². The second kappa shape index (κ2) is 9.74. The van der Waals surface area contributed by atoms with Crippen LogP contribution in [0.3, 0.4) is 0 Å². The van der Waals surface area contributed by atoms with Crippen LogP contribution in [-0.2, 0) is 6.42 Å². The van der Waals surface area contributed by atoms with Gasteiger partial charge < -0.3 is 10.0 Å². The van der Waals surface area contributed by atoms with Crippen molar-refractivity contribution in [3.63, 3.8) is 0 Å². The summed E-state index contributed by atoms with van der Waals surface area (Å²) in [5.41, 5.74) is 0. The van der Waals surface area contributed by atoms with E-state index in [1.807, 2.05) is 4.68 Å². The van der Waals surface area contributed by atoms with Crippen LogP contribution in [0.5, 0.6) is 0 Å². The fourth-order valence-electron chi connectivity index (χ4n) is 4.54. The zero-order valence-electron chi connectivity index (χ0n) is 16.0. The van der Waals surface area contributed by atoms with Crippen LogP contribution in [0.25, 0.3) is 0 Å². The highest BCUT2D eigenvalue weighted by atomic mass is 32.1. The maximum atomic E-state index is 9.70. The molecule has 2 aliphatic rings. The Balaban J connectivity index is 1.48. The van der Waals surface area contributed by atoms with E-state index >= 15 is 0 Å². The molecule has 2 saturated carbocycles. The van der Waals surface area contributed by atoms with E-state index in [0.29, 0.717) is 12.1 Å². The van der Waals surface area contributed by atoms with Crippen molar-refractivity contribution in [3.8, 4) is 0 Å². The van der Waals surface area contributed by atoms with Gasteiger partial charge in [-0.05, 0) is 68.7 Å². The Bertz CT molecular complexity index is 564. The van der Waals surface area contributed by atoms with E-state index in [1.54, 1.807) is 0 Å². The predicted octanol–water partition coefficient (Wildman–Crippen LogP) is 3.45. The van der Waals surface area contributed by atoms with Gasteiger partial charge in [-0.3, -0.25) is 0 Å². The number of nitrogens with zero attached hydrogens (tertiary/aromatic N) is 5. The lowest BCUT2D eigenvalue weighted by Crippen LogP contribution is -2.40. The summed E-state index contributed by atoms with van der Waals surface area (Å²) in [4.78, 5) is 3.57. The molecule has 0 saturated heterocycles. The van der Waals surface area contributed by atoms with Crippen LogP contribution in [0.2, 0.25) is 0 Å². The van der Waals surface area contributed by atoms with Crippen LogP contribution in [-0.4, -0.2) is 53.9 Å². The highest BCUT2D eigenvalue weighted by Gasteiger charge is 2.24. The first-order valence-corrected chi connectivity index (χ1v) is 10.8. The molecule has 1 aromatic heterocycles. The van der Waals surface area contributed by atoms with Crippen molar-refractivity contribution < 1.29 is 5.11 Å². The van der Waals surface area contributed by atoms with Crippen LogP contribution < -0.4 is 0 Å². The third-order valence-electron chi connectivity index (χ3n) is 6.04. The van der Waals surface area contributed by atoms with Crippen LogP contribution in [0.4, 0.5) is 0 Å². The van der Waals surface area contributed by atoms with Gasteiger partial charge in [0, 0.05) is 19.0 Å². The highest BCUT2D eigenvalue weighted by molar-refractivity contribution is 7.80. The lowest BCUT2D eigenvalue weighted by molar-refractivity contribution is 0.106. The summed E-state index contributed by atoms with van der Waals surface area (Å²) in [7, 11) is 0. The molecule has 1 heterocycles. The Morgan fingerprint density at radius 1 is 1.15 bits per heavy atom. The minimum atomic E-state index is -0.150. The molecule has 26 heavy (non-hydrogen) atoms. The predicted molar refractivity (Wildman–Crippen MR) is 106 cm³/mol. The molecule has 0 spiro atoms. The van der Waals surface area contributed by atoms with E-state index < -0.39 is 0 Å². The molecule has 1 aromatic rings. The molecule has 2 aliphatic carbocycles. The van der Waals surface area contributed by atoms with Gasteiger partial charge in [0.1, 0.15) is 0 Å². The van der Waals surface area contributed by atoms with Gasteiger partial charge >= 0.3 is 0 Å². The van der Waals surface area contributed by atoms with E-state index in [9.17, 15) is 5.11 Å². The number of hydrogen-bond donors (Lipinski definition) is 1. The van der Waals surface area contributed by atoms with Crippen molar-refractivity contribution in [3.05, 3.63) is 5.82 Å². The third kappa shape index (κ3) is 5.00.